The van der Waals surface area contributed by atoms with Crippen LogP contribution < -0.4 is 15.5 Å². The van der Waals surface area contributed by atoms with Crippen molar-refractivity contribution in [2.24, 2.45) is 5.92 Å². The number of nitrogens with one attached hydrogen (secondary N) is 2. The van der Waals surface area contributed by atoms with E-state index in [1.54, 1.807) is 0 Å². The highest BCUT2D eigenvalue weighted by Crippen LogP contribution is 2.35. The first kappa shape index (κ1) is 20.2. The fourth-order valence-electron chi connectivity index (χ4n) is 3.75. The highest BCUT2D eigenvalue weighted by Gasteiger charge is 2.52. The molecule has 0 radical (unpaired) electrons. The van der Waals surface area contributed by atoms with E-state index in [1.165, 1.54) is 0 Å². The minimum Gasteiger partial charge on any atom is -0.483 e. The summed E-state index contributed by atoms with van der Waals surface area (Å²) in [6.07, 6.45) is 2.95. The monoisotopic (exact) mass is 387 g/mol. The zero-order chi connectivity index (χ0) is 20.5. The Hall–Kier alpha value is -2.57. The zero-order valence-electron chi connectivity index (χ0n) is 17.0. The normalized spacial score (nSPS) is 24.6. The molecule has 0 unspecified atom stereocenters. The number of aryl methyl sites for hydroxylation is 1. The molecule has 4 amide bonds. The fraction of sp³-hybridized carbons (Fsp3) is 0.571. The Labute approximate surface area is 165 Å². The first-order valence-corrected chi connectivity index (χ1v) is 9.91. The molecule has 2 fully saturated rings. The van der Waals surface area contributed by atoms with Crippen molar-refractivity contribution in [1.29, 1.82) is 0 Å². The predicted molar refractivity (Wildman–Crippen MR) is 105 cm³/mol. The van der Waals surface area contributed by atoms with Crippen LogP contribution in [0.15, 0.2) is 18.2 Å². The summed E-state index contributed by atoms with van der Waals surface area (Å²) in [5.74, 6) is 0.584. The summed E-state index contributed by atoms with van der Waals surface area (Å²) >= 11 is 0. The molecule has 1 heterocycles. The van der Waals surface area contributed by atoms with Crippen LogP contribution in [-0.4, -0.2) is 35.0 Å². The summed E-state index contributed by atoms with van der Waals surface area (Å²) in [6, 6.07) is 5.32. The van der Waals surface area contributed by atoms with Gasteiger partial charge in [-0.05, 0) is 61.6 Å². The van der Waals surface area contributed by atoms with Crippen LogP contribution in [0.3, 0.4) is 0 Å². The minimum atomic E-state index is -0.875. The van der Waals surface area contributed by atoms with Crippen LogP contribution in [0.5, 0.6) is 5.75 Å². The average Bonchev–Trinajstić information content (AvgIpc) is 2.87. The molecule has 7 nitrogen and oxygen atoms in total. The molecule has 1 spiro atoms. The van der Waals surface area contributed by atoms with E-state index in [-0.39, 0.29) is 12.5 Å². The third kappa shape index (κ3) is 3.98. The maximum Gasteiger partial charge on any atom is 0.344 e. The topological polar surface area (TPSA) is 87.7 Å². The summed E-state index contributed by atoms with van der Waals surface area (Å²) in [5, 5.41) is 3.58. The number of hydrogen-bond acceptors (Lipinski definition) is 4. The van der Waals surface area contributed by atoms with Gasteiger partial charge in [0.25, 0.3) is 11.8 Å². The molecular weight excluding hydrogens is 358 g/mol. The van der Waals surface area contributed by atoms with Crippen LogP contribution in [0.25, 0.3) is 0 Å². The van der Waals surface area contributed by atoms with Crippen LogP contribution in [0.4, 0.5) is 4.79 Å². The number of imide groups is 1. The Morgan fingerprint density at radius 3 is 2.64 bits per heavy atom. The Morgan fingerprint density at radius 1 is 1.32 bits per heavy atom. The zero-order valence-corrected chi connectivity index (χ0v) is 17.0. The first-order valence-electron chi connectivity index (χ1n) is 9.91. The van der Waals surface area contributed by atoms with E-state index in [1.807, 2.05) is 25.1 Å². The second-order valence-electron chi connectivity index (χ2n) is 8.34. The molecule has 1 aliphatic carbocycles. The minimum absolute atomic E-state index is 0.274. The highest BCUT2D eigenvalue weighted by atomic mass is 16.5. The van der Waals surface area contributed by atoms with Crippen molar-refractivity contribution >= 4 is 17.8 Å². The van der Waals surface area contributed by atoms with Crippen LogP contribution in [0.1, 0.15) is 63.5 Å². The van der Waals surface area contributed by atoms with Gasteiger partial charge in [-0.3, -0.25) is 15.0 Å². The largest absolute Gasteiger partial charge is 0.483 e. The molecule has 1 aliphatic heterocycles. The lowest BCUT2D eigenvalue weighted by molar-refractivity contribution is -0.140. The number of benzene rings is 1. The van der Waals surface area contributed by atoms with Crippen molar-refractivity contribution in [1.82, 2.24) is 15.8 Å². The van der Waals surface area contributed by atoms with Gasteiger partial charge in [0.05, 0.1) is 0 Å². The van der Waals surface area contributed by atoms with E-state index in [4.69, 9.17) is 4.74 Å². The quantitative estimate of drug-likeness (QED) is 0.760. The van der Waals surface area contributed by atoms with E-state index in [9.17, 15) is 14.4 Å². The summed E-state index contributed by atoms with van der Waals surface area (Å²) in [5.41, 5.74) is 3.55. The lowest BCUT2D eigenvalue weighted by Crippen LogP contribution is -2.52. The van der Waals surface area contributed by atoms with Gasteiger partial charge in [-0.25, -0.2) is 4.79 Å². The number of amides is 4. The van der Waals surface area contributed by atoms with Gasteiger partial charge in [-0.1, -0.05) is 32.9 Å². The number of nitrogens with zero attached hydrogens (tertiary/aromatic N) is 1. The van der Waals surface area contributed by atoms with Gasteiger partial charge in [-0.15, -0.1) is 0 Å². The van der Waals surface area contributed by atoms with Crippen molar-refractivity contribution in [3.8, 4) is 5.75 Å². The van der Waals surface area contributed by atoms with E-state index < -0.39 is 17.5 Å². The number of hydrazine groups is 1. The van der Waals surface area contributed by atoms with Gasteiger partial charge in [0.2, 0.25) is 0 Å². The number of carbonyl (C=O) groups is 3. The summed E-state index contributed by atoms with van der Waals surface area (Å²) < 4.78 is 5.64. The van der Waals surface area contributed by atoms with Crippen molar-refractivity contribution in [2.45, 2.75) is 64.8 Å². The number of ether oxygens (including phenoxy) is 1. The van der Waals surface area contributed by atoms with Crippen molar-refractivity contribution < 1.29 is 19.1 Å². The van der Waals surface area contributed by atoms with Crippen molar-refractivity contribution in [2.75, 3.05) is 6.61 Å². The molecule has 2 N–H and O–H groups in total. The van der Waals surface area contributed by atoms with Crippen molar-refractivity contribution in [3.63, 3.8) is 0 Å². The van der Waals surface area contributed by atoms with Gasteiger partial charge < -0.3 is 10.1 Å². The second kappa shape index (κ2) is 7.81. The number of hydrogen-bond donors (Lipinski definition) is 2. The van der Waals surface area contributed by atoms with Crippen LogP contribution >= 0.6 is 0 Å². The molecule has 0 aromatic heterocycles. The maximum atomic E-state index is 12.8. The molecule has 1 aromatic rings. The Bertz CT molecular complexity index is 782. The molecule has 3 rings (SSSR count). The summed E-state index contributed by atoms with van der Waals surface area (Å²) in [7, 11) is 0. The van der Waals surface area contributed by atoms with Gasteiger partial charge >= 0.3 is 6.03 Å². The van der Waals surface area contributed by atoms with Crippen molar-refractivity contribution in [3.05, 3.63) is 29.3 Å². The number of rotatable bonds is 5. The average molecular weight is 387 g/mol. The van der Waals surface area contributed by atoms with E-state index in [0.717, 1.165) is 29.0 Å². The molecule has 0 atom stereocenters. The van der Waals surface area contributed by atoms with Crippen LogP contribution in [0, 0.1) is 12.8 Å². The van der Waals surface area contributed by atoms with Crippen LogP contribution in [0.2, 0.25) is 0 Å². The maximum absolute atomic E-state index is 12.8. The summed E-state index contributed by atoms with van der Waals surface area (Å²) in [6.45, 7) is 7.94. The molecule has 1 saturated carbocycles. The molecule has 7 heteroatoms. The lowest BCUT2D eigenvalue weighted by atomic mass is 9.77. The van der Waals surface area contributed by atoms with Gasteiger partial charge in [0.1, 0.15) is 11.3 Å². The lowest BCUT2D eigenvalue weighted by Gasteiger charge is -2.33. The fourth-order valence-corrected chi connectivity index (χ4v) is 3.75. The smallest absolute Gasteiger partial charge is 0.344 e. The molecule has 2 aliphatic rings. The van der Waals surface area contributed by atoms with Gasteiger partial charge in [-0.2, -0.15) is 5.01 Å². The van der Waals surface area contributed by atoms with Crippen LogP contribution in [-0.2, 0) is 9.59 Å². The summed E-state index contributed by atoms with van der Waals surface area (Å²) in [4.78, 5) is 37.3. The number of carbonyl (C=O) groups excluding carboxylic acids is 3. The van der Waals surface area contributed by atoms with E-state index >= 15 is 0 Å². The highest BCUT2D eigenvalue weighted by molar-refractivity contribution is 6.08. The molecule has 0 bridgehead atoms. The van der Waals surface area contributed by atoms with E-state index in [0.29, 0.717) is 30.4 Å². The number of urea groups is 1. The molecule has 1 saturated heterocycles. The second-order valence-corrected chi connectivity index (χ2v) is 8.34. The molecule has 28 heavy (non-hydrogen) atoms. The third-order valence-electron chi connectivity index (χ3n) is 5.76. The molecule has 152 valence electrons. The SMILES string of the molecule is Cc1ccc(C(C)C)cc1OCC(=O)NN1C(=O)NC2(CCC(C)CC2)C1=O. The van der Waals surface area contributed by atoms with E-state index in [2.05, 4.69) is 31.5 Å². The Balaban J connectivity index is 1.60. The molecular formula is C21H29N3O4. The third-order valence-corrected chi connectivity index (χ3v) is 5.76. The molecule has 1 aromatic carbocycles. The Morgan fingerprint density at radius 2 is 2.00 bits per heavy atom. The van der Waals surface area contributed by atoms with Gasteiger partial charge in [0.15, 0.2) is 6.61 Å². The first-order chi connectivity index (χ1) is 13.2. The predicted octanol–water partition coefficient (Wildman–Crippen LogP) is 3.03. The standard InChI is InChI=1S/C21H29N3O4/c1-13(2)16-6-5-15(4)17(11-16)28-12-18(25)23-24-19(26)21(22-20(24)27)9-7-14(3)8-10-21/h5-6,11,13-14H,7-10,12H2,1-4H3,(H,22,27)(H,23,25). The Kier molecular flexibility index (Phi) is 5.63. The van der Waals surface area contributed by atoms with Gasteiger partial charge in [0, 0.05) is 0 Å².